The molecule has 0 fully saturated rings. The van der Waals surface area contributed by atoms with Crippen LogP contribution in [0.15, 0.2) is 12.3 Å². The Hall–Kier alpha value is -1.82. The monoisotopic (exact) mass is 290 g/mol. The van der Waals surface area contributed by atoms with Gasteiger partial charge in [0.05, 0.1) is 12.2 Å². The van der Waals surface area contributed by atoms with Crippen molar-refractivity contribution in [3.63, 3.8) is 0 Å². The summed E-state index contributed by atoms with van der Waals surface area (Å²) in [6, 6.07) is 2.21. The van der Waals surface area contributed by atoms with Crippen LogP contribution in [-0.2, 0) is 25.9 Å². The number of thiophene rings is 1. The van der Waals surface area contributed by atoms with Crippen LogP contribution in [-0.4, -0.2) is 15.7 Å². The van der Waals surface area contributed by atoms with Gasteiger partial charge < -0.3 is 11.1 Å². The zero-order valence-corrected chi connectivity index (χ0v) is 12.3. The topological polar surface area (TPSA) is 72.9 Å². The van der Waals surface area contributed by atoms with Gasteiger partial charge in [-0.3, -0.25) is 9.48 Å². The van der Waals surface area contributed by atoms with Gasteiger partial charge in [-0.2, -0.15) is 5.10 Å². The Balaban J connectivity index is 1.65. The summed E-state index contributed by atoms with van der Waals surface area (Å²) in [6.45, 7) is 3.21. The van der Waals surface area contributed by atoms with Gasteiger partial charge in [0.1, 0.15) is 0 Å². The third-order valence-electron chi connectivity index (χ3n) is 3.55. The number of nitrogens with two attached hydrogens (primary N) is 1. The largest absolute Gasteiger partial charge is 0.396 e. The molecule has 2 aromatic rings. The average molecular weight is 290 g/mol. The second-order valence-electron chi connectivity index (χ2n) is 4.99. The highest BCUT2D eigenvalue weighted by atomic mass is 32.1. The van der Waals surface area contributed by atoms with Crippen LogP contribution in [0.4, 0.5) is 5.69 Å². The van der Waals surface area contributed by atoms with E-state index in [0.29, 0.717) is 24.5 Å². The number of hydrogen-bond donors (Lipinski definition) is 2. The van der Waals surface area contributed by atoms with Crippen LogP contribution in [0.25, 0.3) is 0 Å². The number of nitrogens with zero attached hydrogens (tertiary/aromatic N) is 2. The summed E-state index contributed by atoms with van der Waals surface area (Å²) in [6.07, 6.45) is 5.31. The van der Waals surface area contributed by atoms with E-state index in [2.05, 4.69) is 16.5 Å². The number of aromatic nitrogens is 2. The van der Waals surface area contributed by atoms with E-state index in [1.54, 1.807) is 22.2 Å². The maximum atomic E-state index is 12.1. The van der Waals surface area contributed by atoms with E-state index in [-0.39, 0.29) is 5.91 Å². The fraction of sp³-hybridized carbons (Fsp3) is 0.429. The van der Waals surface area contributed by atoms with Gasteiger partial charge in [-0.1, -0.05) is 0 Å². The van der Waals surface area contributed by atoms with Gasteiger partial charge >= 0.3 is 0 Å². The number of carbonyl (C=O) groups excluding carboxylic acids is 1. The van der Waals surface area contributed by atoms with E-state index in [4.69, 9.17) is 5.73 Å². The van der Waals surface area contributed by atoms with Gasteiger partial charge in [0, 0.05) is 22.5 Å². The molecule has 1 aliphatic carbocycles. The van der Waals surface area contributed by atoms with E-state index in [1.807, 2.05) is 6.92 Å². The molecule has 2 heterocycles. The molecule has 2 aromatic heterocycles. The third kappa shape index (κ3) is 2.43. The van der Waals surface area contributed by atoms with Gasteiger partial charge in [0.25, 0.3) is 5.91 Å². The minimum absolute atomic E-state index is 0.205. The lowest BCUT2D eigenvalue weighted by Crippen LogP contribution is -2.23. The molecule has 0 unspecified atom stereocenters. The molecule has 0 spiro atoms. The highest BCUT2D eigenvalue weighted by Crippen LogP contribution is 2.30. The summed E-state index contributed by atoms with van der Waals surface area (Å²) < 4.78 is 1.67. The second-order valence-corrected chi connectivity index (χ2v) is 6.21. The number of aryl methyl sites for hydroxylation is 3. The van der Waals surface area contributed by atoms with Gasteiger partial charge in [-0.05, 0) is 37.8 Å². The molecule has 0 saturated heterocycles. The first-order chi connectivity index (χ1) is 9.67. The molecule has 0 saturated carbocycles. The van der Waals surface area contributed by atoms with Crippen molar-refractivity contribution in [2.24, 2.45) is 0 Å². The standard InChI is InChI=1S/C14H18N4OS/c1-2-18-8-11(15)13(17-18)14(19)16-7-10-6-9-4-3-5-12(9)20-10/h6,8H,2-5,7,15H2,1H3,(H,16,19). The molecule has 106 valence electrons. The summed E-state index contributed by atoms with van der Waals surface area (Å²) in [7, 11) is 0. The zero-order chi connectivity index (χ0) is 14.1. The number of anilines is 1. The average Bonchev–Trinajstić information content (AvgIpc) is 3.09. The molecule has 0 radical (unpaired) electrons. The van der Waals surface area contributed by atoms with E-state index in [9.17, 15) is 4.79 Å². The Morgan fingerprint density at radius 2 is 2.40 bits per heavy atom. The van der Waals surface area contributed by atoms with Crippen LogP contribution < -0.4 is 11.1 Å². The molecule has 3 N–H and O–H groups in total. The summed E-state index contributed by atoms with van der Waals surface area (Å²) in [5, 5.41) is 7.07. The van der Waals surface area contributed by atoms with Gasteiger partial charge in [-0.15, -0.1) is 11.3 Å². The van der Waals surface area contributed by atoms with Crippen molar-refractivity contribution >= 4 is 22.9 Å². The summed E-state index contributed by atoms with van der Waals surface area (Å²) in [5.74, 6) is -0.205. The smallest absolute Gasteiger partial charge is 0.274 e. The van der Waals surface area contributed by atoms with Crippen molar-refractivity contribution in [1.29, 1.82) is 0 Å². The third-order valence-corrected chi connectivity index (χ3v) is 4.79. The minimum Gasteiger partial charge on any atom is -0.396 e. The molecule has 1 amide bonds. The maximum Gasteiger partial charge on any atom is 0.274 e. The van der Waals surface area contributed by atoms with Crippen molar-refractivity contribution in [1.82, 2.24) is 15.1 Å². The van der Waals surface area contributed by atoms with Gasteiger partial charge in [-0.25, -0.2) is 0 Å². The Bertz CT molecular complexity index is 622. The summed E-state index contributed by atoms with van der Waals surface area (Å²) >= 11 is 1.80. The second kappa shape index (κ2) is 5.28. The molecular weight excluding hydrogens is 272 g/mol. The van der Waals surface area contributed by atoms with E-state index in [1.165, 1.54) is 34.6 Å². The predicted molar refractivity (Wildman–Crippen MR) is 79.8 cm³/mol. The molecule has 0 bridgehead atoms. The van der Waals surface area contributed by atoms with Crippen LogP contribution in [0, 0.1) is 0 Å². The van der Waals surface area contributed by atoms with Crippen molar-refractivity contribution in [3.05, 3.63) is 33.3 Å². The number of amides is 1. The van der Waals surface area contributed by atoms with Crippen molar-refractivity contribution in [2.75, 3.05) is 5.73 Å². The fourth-order valence-electron chi connectivity index (χ4n) is 2.50. The molecule has 3 rings (SSSR count). The van der Waals surface area contributed by atoms with Crippen LogP contribution >= 0.6 is 11.3 Å². The lowest BCUT2D eigenvalue weighted by molar-refractivity contribution is 0.0946. The highest BCUT2D eigenvalue weighted by molar-refractivity contribution is 7.12. The fourth-order valence-corrected chi connectivity index (χ4v) is 3.70. The molecule has 20 heavy (non-hydrogen) atoms. The Kier molecular flexibility index (Phi) is 3.48. The molecule has 0 aromatic carbocycles. The molecule has 0 aliphatic heterocycles. The summed E-state index contributed by atoms with van der Waals surface area (Å²) in [5.41, 5.74) is 8.00. The van der Waals surface area contributed by atoms with Crippen LogP contribution in [0.1, 0.15) is 39.2 Å². The van der Waals surface area contributed by atoms with E-state index >= 15 is 0 Å². The first-order valence-electron chi connectivity index (χ1n) is 6.89. The van der Waals surface area contributed by atoms with Crippen molar-refractivity contribution in [2.45, 2.75) is 39.3 Å². The number of rotatable bonds is 4. The van der Waals surface area contributed by atoms with E-state index in [0.717, 1.165) is 0 Å². The molecule has 0 atom stereocenters. The van der Waals surface area contributed by atoms with Gasteiger partial charge in [0.2, 0.25) is 0 Å². The lowest BCUT2D eigenvalue weighted by Gasteiger charge is -2.02. The number of fused-ring (bicyclic) bond motifs is 1. The van der Waals surface area contributed by atoms with Crippen LogP contribution in [0.2, 0.25) is 0 Å². The van der Waals surface area contributed by atoms with Crippen molar-refractivity contribution < 1.29 is 4.79 Å². The predicted octanol–water partition coefficient (Wildman–Crippen LogP) is 1.97. The number of nitrogen functional groups attached to an aromatic ring is 1. The molecular formula is C14H18N4OS. The SMILES string of the molecule is CCn1cc(N)c(C(=O)NCc2cc3c(s2)CCC3)n1. The Morgan fingerprint density at radius 3 is 3.10 bits per heavy atom. The summed E-state index contributed by atoms with van der Waals surface area (Å²) in [4.78, 5) is 14.8. The number of carbonyl (C=O) groups is 1. The molecule has 6 heteroatoms. The Morgan fingerprint density at radius 1 is 1.55 bits per heavy atom. The van der Waals surface area contributed by atoms with Crippen LogP contribution in [0.3, 0.4) is 0 Å². The highest BCUT2D eigenvalue weighted by Gasteiger charge is 2.17. The Labute approximate surface area is 121 Å². The van der Waals surface area contributed by atoms with Gasteiger partial charge in [0.15, 0.2) is 5.69 Å². The van der Waals surface area contributed by atoms with E-state index < -0.39 is 0 Å². The lowest BCUT2D eigenvalue weighted by atomic mass is 10.2. The minimum atomic E-state index is -0.205. The first kappa shape index (κ1) is 13.2. The normalized spacial score (nSPS) is 13.4. The van der Waals surface area contributed by atoms with Crippen molar-refractivity contribution in [3.8, 4) is 0 Å². The first-order valence-corrected chi connectivity index (χ1v) is 7.70. The number of hydrogen-bond acceptors (Lipinski definition) is 4. The molecule has 1 aliphatic rings. The maximum absolute atomic E-state index is 12.1. The van der Waals surface area contributed by atoms with Crippen LogP contribution in [0.5, 0.6) is 0 Å². The zero-order valence-electron chi connectivity index (χ0n) is 11.5. The molecule has 5 nitrogen and oxygen atoms in total. The number of nitrogens with one attached hydrogen (secondary N) is 1. The quantitative estimate of drug-likeness (QED) is 0.904.